The van der Waals surface area contributed by atoms with Gasteiger partial charge < -0.3 is 24.2 Å². The summed E-state index contributed by atoms with van der Waals surface area (Å²) in [6, 6.07) is 4.94. The zero-order valence-electron chi connectivity index (χ0n) is 22.1. The lowest BCUT2D eigenvalue weighted by molar-refractivity contribution is 0.153. The van der Waals surface area contributed by atoms with Crippen LogP contribution in [-0.4, -0.2) is 75.4 Å². The quantitative estimate of drug-likeness (QED) is 0.366. The number of ether oxygens (including phenoxy) is 2. The summed E-state index contributed by atoms with van der Waals surface area (Å²) in [5.41, 5.74) is 3.05. The van der Waals surface area contributed by atoms with E-state index in [0.29, 0.717) is 18.1 Å². The number of methoxy groups -OCH3 is 2. The molecule has 0 fully saturated rings. The number of rotatable bonds is 8. The molecule has 0 bridgehead atoms. The summed E-state index contributed by atoms with van der Waals surface area (Å²) in [7, 11) is 8.92. The van der Waals surface area contributed by atoms with Gasteiger partial charge in [-0.1, -0.05) is 6.58 Å². The van der Waals surface area contributed by atoms with Gasteiger partial charge in [0.25, 0.3) is 0 Å². The van der Waals surface area contributed by atoms with Crippen molar-refractivity contribution in [2.24, 2.45) is 12.0 Å². The molecule has 1 unspecified atom stereocenters. The molecule has 1 aliphatic rings. The van der Waals surface area contributed by atoms with Crippen LogP contribution in [0.1, 0.15) is 24.2 Å². The number of halogens is 1. The number of aliphatic imine (C=N–C) groups is 1. The van der Waals surface area contributed by atoms with Crippen LogP contribution in [0.25, 0.3) is 0 Å². The Kier molecular flexibility index (Phi) is 7.51. The topological polar surface area (TPSA) is 87.0 Å². The number of likely N-dealkylation sites (N-methyl/N-ethyl adjacent to an activating group) is 2. The van der Waals surface area contributed by atoms with Crippen molar-refractivity contribution in [1.82, 2.24) is 34.7 Å². The van der Waals surface area contributed by atoms with Crippen molar-refractivity contribution in [2.75, 3.05) is 34.9 Å². The maximum absolute atomic E-state index is 15.3. The predicted molar refractivity (Wildman–Crippen MR) is 140 cm³/mol. The van der Waals surface area contributed by atoms with Crippen molar-refractivity contribution in [1.29, 1.82) is 0 Å². The fourth-order valence-electron chi connectivity index (χ4n) is 4.47. The highest BCUT2D eigenvalue weighted by molar-refractivity contribution is 5.95. The first-order valence-electron chi connectivity index (χ1n) is 11.8. The zero-order valence-corrected chi connectivity index (χ0v) is 22.1. The number of benzene rings is 1. The van der Waals surface area contributed by atoms with E-state index in [1.54, 1.807) is 17.0 Å². The molecule has 4 rings (SSSR count). The van der Waals surface area contributed by atoms with E-state index in [4.69, 9.17) is 14.5 Å². The smallest absolute Gasteiger partial charge is 0.190 e. The molecule has 1 aromatic carbocycles. The molecule has 3 aromatic rings. The molecule has 10 nitrogen and oxygen atoms in total. The summed E-state index contributed by atoms with van der Waals surface area (Å²) in [5, 5.41) is 11.5. The molecule has 1 aliphatic heterocycles. The standard InChI is InChI=1S/C26H33FN8O2/c1-8-24(30-21-11-20(36-6)12-23(37-7)25(21)27)35(15-19-9-10-28-31-19)26-17(2)32(3)16-22(34(26)5)18-13-29-33(4)14-18/h8-14,22H,1,15-16H2,2-7H3,(H,28,31). The summed E-state index contributed by atoms with van der Waals surface area (Å²) in [6.07, 6.45) is 7.21. The average Bonchev–Trinajstić information content (AvgIpc) is 3.57. The average molecular weight is 509 g/mol. The second kappa shape index (κ2) is 10.8. The van der Waals surface area contributed by atoms with Gasteiger partial charge in [0.05, 0.1) is 44.4 Å². The normalized spacial score (nSPS) is 16.3. The molecule has 0 saturated heterocycles. The van der Waals surface area contributed by atoms with Gasteiger partial charge in [-0.25, -0.2) is 9.38 Å². The zero-order chi connectivity index (χ0) is 26.7. The van der Waals surface area contributed by atoms with Crippen LogP contribution in [0.3, 0.4) is 0 Å². The molecule has 1 atom stereocenters. The lowest BCUT2D eigenvalue weighted by atomic mass is 10.1. The lowest BCUT2D eigenvalue weighted by Crippen LogP contribution is -2.47. The number of aromatic amines is 1. The van der Waals surface area contributed by atoms with Crippen LogP contribution in [0.4, 0.5) is 10.1 Å². The van der Waals surface area contributed by atoms with Gasteiger partial charge in [0, 0.05) is 57.8 Å². The number of nitrogens with zero attached hydrogens (tertiary/aromatic N) is 7. The van der Waals surface area contributed by atoms with Gasteiger partial charge in [-0.05, 0) is 19.1 Å². The second-order valence-electron chi connectivity index (χ2n) is 8.87. The summed E-state index contributed by atoms with van der Waals surface area (Å²) >= 11 is 0. The van der Waals surface area contributed by atoms with Crippen molar-refractivity contribution in [3.05, 3.63) is 78.0 Å². The monoisotopic (exact) mass is 508 g/mol. The number of aryl methyl sites for hydroxylation is 1. The highest BCUT2D eigenvalue weighted by Gasteiger charge is 2.33. The number of nitrogens with one attached hydrogen (secondary N) is 1. The Bertz CT molecular complexity index is 1310. The molecule has 11 heteroatoms. The number of H-pyrrole nitrogens is 1. The maximum Gasteiger partial charge on any atom is 0.190 e. The predicted octanol–water partition coefficient (Wildman–Crippen LogP) is 3.83. The van der Waals surface area contributed by atoms with E-state index in [9.17, 15) is 0 Å². The van der Waals surface area contributed by atoms with Crippen molar-refractivity contribution in [2.45, 2.75) is 19.5 Å². The third kappa shape index (κ3) is 5.16. The van der Waals surface area contributed by atoms with Crippen LogP contribution in [0.5, 0.6) is 11.5 Å². The van der Waals surface area contributed by atoms with E-state index < -0.39 is 5.82 Å². The van der Waals surface area contributed by atoms with Gasteiger partial charge >= 0.3 is 0 Å². The number of amidine groups is 1. The SMILES string of the molecule is C=CC(=Nc1cc(OC)cc(OC)c1F)N(Cc1ccn[nH]1)C1=C(C)N(C)CC(c2cnn(C)c2)N1C. The lowest BCUT2D eigenvalue weighted by Gasteiger charge is -2.45. The second-order valence-corrected chi connectivity index (χ2v) is 8.87. The summed E-state index contributed by atoms with van der Waals surface area (Å²) < 4.78 is 27.6. The third-order valence-electron chi connectivity index (χ3n) is 6.54. The molecule has 0 amide bonds. The van der Waals surface area contributed by atoms with Gasteiger partial charge in [0.15, 0.2) is 11.6 Å². The third-order valence-corrected chi connectivity index (χ3v) is 6.54. The van der Waals surface area contributed by atoms with Crippen LogP contribution in [0.15, 0.2) is 66.0 Å². The van der Waals surface area contributed by atoms with Gasteiger partial charge in [-0.3, -0.25) is 9.78 Å². The van der Waals surface area contributed by atoms with E-state index >= 15 is 4.39 Å². The Morgan fingerprint density at radius 3 is 2.68 bits per heavy atom. The van der Waals surface area contributed by atoms with E-state index in [1.807, 2.05) is 37.5 Å². The van der Waals surface area contributed by atoms with Gasteiger partial charge in [-0.2, -0.15) is 10.2 Å². The maximum atomic E-state index is 15.3. The molecule has 1 N–H and O–H groups in total. The Morgan fingerprint density at radius 1 is 1.30 bits per heavy atom. The number of aromatic nitrogens is 4. The fraction of sp³-hybridized carbons (Fsp3) is 0.346. The molecule has 0 spiro atoms. The molecular formula is C26H33FN8O2. The Labute approximate surface area is 216 Å². The first kappa shape index (κ1) is 25.8. The molecular weight excluding hydrogens is 475 g/mol. The van der Waals surface area contributed by atoms with Gasteiger partial charge in [-0.15, -0.1) is 0 Å². The molecule has 3 heterocycles. The minimum absolute atomic E-state index is 0.0291. The van der Waals surface area contributed by atoms with Crippen LogP contribution < -0.4 is 9.47 Å². The number of hydrogen-bond donors (Lipinski definition) is 1. The molecule has 0 aliphatic carbocycles. The minimum Gasteiger partial charge on any atom is -0.497 e. The van der Waals surface area contributed by atoms with Crippen LogP contribution in [0.2, 0.25) is 0 Å². The molecule has 37 heavy (non-hydrogen) atoms. The highest BCUT2D eigenvalue weighted by Crippen LogP contribution is 2.36. The molecule has 0 saturated carbocycles. The Morgan fingerprint density at radius 2 is 2.08 bits per heavy atom. The Hall–Kier alpha value is -4.28. The van der Waals surface area contributed by atoms with E-state index in [-0.39, 0.29) is 17.5 Å². The van der Waals surface area contributed by atoms with Crippen molar-refractivity contribution >= 4 is 11.5 Å². The molecule has 2 aromatic heterocycles. The summed E-state index contributed by atoms with van der Waals surface area (Å²) in [5.74, 6) is 1.24. The molecule has 196 valence electrons. The Balaban J connectivity index is 1.86. The van der Waals surface area contributed by atoms with E-state index in [2.05, 4.69) is 45.6 Å². The van der Waals surface area contributed by atoms with Gasteiger partial charge in [0.1, 0.15) is 23.1 Å². The van der Waals surface area contributed by atoms with Crippen molar-refractivity contribution in [3.63, 3.8) is 0 Å². The van der Waals surface area contributed by atoms with Gasteiger partial charge in [0.2, 0.25) is 0 Å². The largest absolute Gasteiger partial charge is 0.497 e. The minimum atomic E-state index is -0.586. The van der Waals surface area contributed by atoms with E-state index in [0.717, 1.165) is 29.3 Å². The first-order valence-corrected chi connectivity index (χ1v) is 11.8. The van der Waals surface area contributed by atoms with Crippen molar-refractivity contribution in [3.8, 4) is 11.5 Å². The summed E-state index contributed by atoms with van der Waals surface area (Å²) in [6.45, 7) is 7.25. The highest BCUT2D eigenvalue weighted by atomic mass is 19.1. The van der Waals surface area contributed by atoms with E-state index in [1.165, 1.54) is 26.4 Å². The number of allylic oxidation sites excluding steroid dienone is 1. The fourth-order valence-corrected chi connectivity index (χ4v) is 4.47. The first-order chi connectivity index (χ1) is 17.8. The van der Waals surface area contributed by atoms with Crippen LogP contribution in [-0.2, 0) is 13.6 Å². The van der Waals surface area contributed by atoms with Crippen LogP contribution >= 0.6 is 0 Å². The molecule has 0 radical (unpaired) electrons. The summed E-state index contributed by atoms with van der Waals surface area (Å²) in [4.78, 5) is 11.1. The van der Waals surface area contributed by atoms with Crippen molar-refractivity contribution < 1.29 is 13.9 Å². The number of hydrogen-bond acceptors (Lipinski definition) is 7. The van der Waals surface area contributed by atoms with Crippen LogP contribution in [0, 0.1) is 5.82 Å².